The van der Waals surface area contributed by atoms with Crippen molar-refractivity contribution >= 4 is 39.8 Å². The minimum Gasteiger partial charge on any atom is -0.497 e. The lowest BCUT2D eigenvalue weighted by molar-refractivity contribution is -0.120. The summed E-state index contributed by atoms with van der Waals surface area (Å²) in [4.78, 5) is 31.8. The molecule has 0 radical (unpaired) electrons. The molecule has 1 fully saturated rings. The molecule has 3 aromatic carbocycles. The molecule has 7 nitrogen and oxygen atoms in total. The van der Waals surface area contributed by atoms with Crippen molar-refractivity contribution in [3.05, 3.63) is 82.1 Å². The summed E-state index contributed by atoms with van der Waals surface area (Å²) >= 11 is 6.36. The fourth-order valence-corrected chi connectivity index (χ4v) is 5.16. The lowest BCUT2D eigenvalue weighted by Gasteiger charge is -2.34. The predicted octanol–water partition coefficient (Wildman–Crippen LogP) is 5.72. The number of halogens is 1. The third-order valence-electron chi connectivity index (χ3n) is 6.79. The zero-order valence-electron chi connectivity index (χ0n) is 20.7. The van der Waals surface area contributed by atoms with Gasteiger partial charge in [-0.1, -0.05) is 41.9 Å². The van der Waals surface area contributed by atoms with Crippen LogP contribution in [0.15, 0.2) is 71.5 Å². The highest BCUT2D eigenvalue weighted by molar-refractivity contribution is 6.31. The highest BCUT2D eigenvalue weighted by atomic mass is 35.5. The Morgan fingerprint density at radius 3 is 2.62 bits per heavy atom. The van der Waals surface area contributed by atoms with Crippen molar-refractivity contribution in [2.75, 3.05) is 37.5 Å². The van der Waals surface area contributed by atoms with Crippen molar-refractivity contribution in [1.29, 1.82) is 0 Å². The Kier molecular flexibility index (Phi) is 7.06. The Labute approximate surface area is 220 Å². The van der Waals surface area contributed by atoms with Crippen LogP contribution >= 0.6 is 11.6 Å². The number of nitrogens with zero attached hydrogens (tertiary/aromatic N) is 1. The molecule has 5 rings (SSSR count). The molecule has 190 valence electrons. The van der Waals surface area contributed by atoms with Crippen LogP contribution in [-0.4, -0.2) is 38.2 Å². The first kappa shape index (κ1) is 24.7. The molecule has 8 heteroatoms. The zero-order valence-corrected chi connectivity index (χ0v) is 21.5. The lowest BCUT2D eigenvalue weighted by Crippen LogP contribution is -2.43. The van der Waals surface area contributed by atoms with E-state index in [2.05, 4.69) is 10.3 Å². The van der Waals surface area contributed by atoms with Gasteiger partial charge in [-0.2, -0.15) is 0 Å². The maximum atomic E-state index is 13.5. The molecule has 4 aromatic rings. The standard InChI is InChI=1S/C29H28ClN3O4/c1-36-21-11-13-24(25(16-21)37-2)32-28(34)19-9-6-14-33(17-19)27-26(18-7-4-3-5-8-18)22-15-20(30)10-12-23(22)31-29(27)35/h3-5,7-8,10-13,15-16,19H,6,9,14,17H2,1-2H3,(H,31,35)(H,32,34). The van der Waals surface area contributed by atoms with Gasteiger partial charge in [-0.05, 0) is 48.7 Å². The van der Waals surface area contributed by atoms with Crippen molar-refractivity contribution in [2.45, 2.75) is 12.8 Å². The van der Waals surface area contributed by atoms with Gasteiger partial charge in [-0.3, -0.25) is 9.59 Å². The summed E-state index contributed by atoms with van der Waals surface area (Å²) in [7, 11) is 3.13. The van der Waals surface area contributed by atoms with Crippen LogP contribution in [0.1, 0.15) is 12.8 Å². The number of anilines is 2. The first-order valence-corrected chi connectivity index (χ1v) is 12.5. The fraction of sp³-hybridized carbons (Fsp3) is 0.241. The number of piperidine rings is 1. The Morgan fingerprint density at radius 2 is 1.86 bits per heavy atom. The number of nitrogens with one attached hydrogen (secondary N) is 2. The number of methoxy groups -OCH3 is 2. The van der Waals surface area contributed by atoms with E-state index in [1.165, 1.54) is 0 Å². The van der Waals surface area contributed by atoms with Crippen LogP contribution in [0.4, 0.5) is 11.4 Å². The number of amides is 1. The summed E-state index contributed by atoms with van der Waals surface area (Å²) in [5.41, 5.74) is 3.40. The van der Waals surface area contributed by atoms with Gasteiger partial charge in [-0.15, -0.1) is 0 Å². The molecule has 1 saturated heterocycles. The third kappa shape index (κ3) is 5.00. The number of hydrogen-bond donors (Lipinski definition) is 2. The summed E-state index contributed by atoms with van der Waals surface area (Å²) in [5.74, 6) is 0.741. The van der Waals surface area contributed by atoms with Crippen LogP contribution in [0, 0.1) is 5.92 Å². The molecular weight excluding hydrogens is 490 g/mol. The number of benzene rings is 3. The lowest BCUT2D eigenvalue weighted by atomic mass is 9.93. The van der Waals surface area contributed by atoms with Crippen molar-refractivity contribution in [1.82, 2.24) is 4.98 Å². The molecule has 1 aliphatic heterocycles. The Hall–Kier alpha value is -3.97. The van der Waals surface area contributed by atoms with E-state index in [-0.39, 0.29) is 17.4 Å². The number of carbonyl (C=O) groups excluding carboxylic acids is 1. The number of hydrogen-bond acceptors (Lipinski definition) is 5. The monoisotopic (exact) mass is 517 g/mol. The average molecular weight is 518 g/mol. The topological polar surface area (TPSA) is 83.7 Å². The minimum absolute atomic E-state index is 0.116. The smallest absolute Gasteiger partial charge is 0.272 e. The van der Waals surface area contributed by atoms with Gasteiger partial charge in [0.25, 0.3) is 5.56 Å². The number of H-pyrrole nitrogens is 1. The molecule has 1 aromatic heterocycles. The molecule has 1 unspecified atom stereocenters. The molecule has 0 bridgehead atoms. The zero-order chi connectivity index (χ0) is 25.9. The van der Waals surface area contributed by atoms with Crippen molar-refractivity contribution in [3.8, 4) is 22.6 Å². The maximum Gasteiger partial charge on any atom is 0.272 e. The third-order valence-corrected chi connectivity index (χ3v) is 7.02. The number of pyridine rings is 1. The molecule has 1 atom stereocenters. The number of rotatable bonds is 6. The summed E-state index contributed by atoms with van der Waals surface area (Å²) in [6.07, 6.45) is 1.50. The first-order chi connectivity index (χ1) is 18.0. The van der Waals surface area contributed by atoms with E-state index in [4.69, 9.17) is 21.1 Å². The number of aromatic amines is 1. The second-order valence-corrected chi connectivity index (χ2v) is 9.51. The van der Waals surface area contributed by atoms with Gasteiger partial charge < -0.3 is 24.7 Å². The van der Waals surface area contributed by atoms with Gasteiger partial charge in [0.15, 0.2) is 0 Å². The van der Waals surface area contributed by atoms with Crippen LogP contribution in [-0.2, 0) is 4.79 Å². The second-order valence-electron chi connectivity index (χ2n) is 9.07. The molecule has 37 heavy (non-hydrogen) atoms. The van der Waals surface area contributed by atoms with Crippen LogP contribution in [0.3, 0.4) is 0 Å². The van der Waals surface area contributed by atoms with Crippen LogP contribution < -0.4 is 25.2 Å². The van der Waals surface area contributed by atoms with E-state index in [9.17, 15) is 9.59 Å². The van der Waals surface area contributed by atoms with Gasteiger partial charge in [0, 0.05) is 40.6 Å². The van der Waals surface area contributed by atoms with E-state index in [1.807, 2.05) is 47.4 Å². The van der Waals surface area contributed by atoms with Crippen LogP contribution in [0.2, 0.25) is 5.02 Å². The van der Waals surface area contributed by atoms with Crippen molar-refractivity contribution in [3.63, 3.8) is 0 Å². The average Bonchev–Trinajstić information content (AvgIpc) is 2.93. The SMILES string of the molecule is COc1ccc(NC(=O)C2CCCN(c3c(-c4ccccc4)c4cc(Cl)ccc4[nH]c3=O)C2)c(OC)c1. The summed E-state index contributed by atoms with van der Waals surface area (Å²) < 4.78 is 10.7. The van der Waals surface area contributed by atoms with E-state index in [0.29, 0.717) is 41.0 Å². The van der Waals surface area contributed by atoms with Crippen LogP contribution in [0.25, 0.3) is 22.0 Å². The Morgan fingerprint density at radius 1 is 1.05 bits per heavy atom. The molecule has 2 N–H and O–H groups in total. The fourth-order valence-electron chi connectivity index (χ4n) is 4.98. The van der Waals surface area contributed by atoms with Crippen molar-refractivity contribution < 1.29 is 14.3 Å². The number of carbonyl (C=O) groups is 1. The molecule has 1 aliphatic rings. The maximum absolute atomic E-state index is 13.5. The first-order valence-electron chi connectivity index (χ1n) is 12.2. The van der Waals surface area contributed by atoms with Gasteiger partial charge in [0.05, 0.1) is 25.8 Å². The number of aromatic nitrogens is 1. The summed E-state index contributed by atoms with van der Waals surface area (Å²) in [6, 6.07) is 20.6. The predicted molar refractivity (Wildman–Crippen MR) is 148 cm³/mol. The Balaban J connectivity index is 1.50. The van der Waals surface area contributed by atoms with Gasteiger partial charge in [0.2, 0.25) is 5.91 Å². The van der Waals surface area contributed by atoms with E-state index in [0.717, 1.165) is 34.9 Å². The van der Waals surface area contributed by atoms with Gasteiger partial charge in [0.1, 0.15) is 17.2 Å². The van der Waals surface area contributed by atoms with Crippen molar-refractivity contribution in [2.24, 2.45) is 5.92 Å². The molecule has 1 amide bonds. The molecular formula is C29H28ClN3O4. The Bertz CT molecular complexity index is 1500. The van der Waals surface area contributed by atoms with E-state index in [1.54, 1.807) is 38.5 Å². The molecule has 0 aliphatic carbocycles. The molecule has 0 saturated carbocycles. The summed E-state index contributed by atoms with van der Waals surface area (Å²) in [6.45, 7) is 1.09. The number of ether oxygens (including phenoxy) is 2. The molecule has 0 spiro atoms. The van der Waals surface area contributed by atoms with Gasteiger partial charge >= 0.3 is 0 Å². The quantitative estimate of drug-likeness (QED) is 0.342. The highest BCUT2D eigenvalue weighted by Crippen LogP contribution is 2.37. The molecule has 2 heterocycles. The minimum atomic E-state index is -0.307. The largest absolute Gasteiger partial charge is 0.497 e. The summed E-state index contributed by atoms with van der Waals surface area (Å²) in [5, 5.41) is 4.46. The van der Waals surface area contributed by atoms with E-state index < -0.39 is 0 Å². The highest BCUT2D eigenvalue weighted by Gasteiger charge is 2.30. The van der Waals surface area contributed by atoms with Gasteiger partial charge in [-0.25, -0.2) is 0 Å². The normalized spacial score (nSPS) is 15.4. The number of fused-ring (bicyclic) bond motifs is 1. The van der Waals surface area contributed by atoms with Crippen LogP contribution in [0.5, 0.6) is 11.5 Å². The second kappa shape index (κ2) is 10.6. The van der Waals surface area contributed by atoms with E-state index >= 15 is 0 Å².